The summed E-state index contributed by atoms with van der Waals surface area (Å²) in [6, 6.07) is 2.44. The number of aromatic hydroxyl groups is 2. The van der Waals surface area contributed by atoms with Gasteiger partial charge in [-0.2, -0.15) is 0 Å². The van der Waals surface area contributed by atoms with Crippen LogP contribution in [0.25, 0.3) is 11.0 Å². The second-order valence-electron chi connectivity index (χ2n) is 6.56. The molecule has 1 aromatic heterocycles. The van der Waals surface area contributed by atoms with Crippen LogP contribution in [0.4, 0.5) is 0 Å². The van der Waals surface area contributed by atoms with Crippen LogP contribution in [0.15, 0.2) is 21.3 Å². The molecule has 134 valence electrons. The minimum absolute atomic E-state index is 0.0268. The quantitative estimate of drug-likeness (QED) is 0.800. The molecule has 3 rings (SSSR count). The number of hydrogen-bond acceptors (Lipinski definition) is 7. The van der Waals surface area contributed by atoms with E-state index in [0.717, 1.165) is 12.6 Å². The SMILES string of the molecule is CC(=O)O[C@@H]1CN(C)CC[C@H]1c1c(O)cc(O)c2c(=O)cc(C)oc12. The van der Waals surface area contributed by atoms with E-state index in [2.05, 4.69) is 0 Å². The molecule has 0 aliphatic carbocycles. The summed E-state index contributed by atoms with van der Waals surface area (Å²) in [7, 11) is 1.92. The Kier molecular flexibility index (Phi) is 4.43. The molecule has 0 amide bonds. The van der Waals surface area contributed by atoms with Crippen molar-refractivity contribution in [1.82, 2.24) is 4.90 Å². The van der Waals surface area contributed by atoms with Crippen molar-refractivity contribution in [2.75, 3.05) is 20.1 Å². The number of aryl methyl sites for hydroxylation is 1. The van der Waals surface area contributed by atoms with Gasteiger partial charge >= 0.3 is 5.97 Å². The van der Waals surface area contributed by atoms with Crippen molar-refractivity contribution in [2.45, 2.75) is 32.3 Å². The number of rotatable bonds is 2. The number of phenolic OH excluding ortho intramolecular Hbond substituents is 2. The Labute approximate surface area is 144 Å². The molecule has 0 unspecified atom stereocenters. The van der Waals surface area contributed by atoms with Crippen LogP contribution in [0.2, 0.25) is 0 Å². The van der Waals surface area contributed by atoms with E-state index < -0.39 is 12.1 Å². The van der Waals surface area contributed by atoms with Gasteiger partial charge in [-0.25, -0.2) is 0 Å². The molecule has 1 aromatic carbocycles. The van der Waals surface area contributed by atoms with Crippen molar-refractivity contribution in [1.29, 1.82) is 0 Å². The molecule has 2 heterocycles. The number of likely N-dealkylation sites (tertiary alicyclic amines) is 1. The molecule has 1 aliphatic rings. The van der Waals surface area contributed by atoms with E-state index in [0.29, 0.717) is 24.3 Å². The molecule has 2 N–H and O–H groups in total. The number of fused-ring (bicyclic) bond motifs is 1. The van der Waals surface area contributed by atoms with Gasteiger partial charge in [0.25, 0.3) is 0 Å². The van der Waals surface area contributed by atoms with Gasteiger partial charge in [0.15, 0.2) is 5.43 Å². The van der Waals surface area contributed by atoms with Crippen LogP contribution in [0.5, 0.6) is 11.5 Å². The lowest BCUT2D eigenvalue weighted by atomic mass is 9.85. The molecule has 1 fully saturated rings. The molecule has 0 radical (unpaired) electrons. The minimum atomic E-state index is -0.485. The van der Waals surface area contributed by atoms with E-state index >= 15 is 0 Å². The zero-order chi connectivity index (χ0) is 18.3. The van der Waals surface area contributed by atoms with Crippen LogP contribution >= 0.6 is 0 Å². The van der Waals surface area contributed by atoms with Crippen molar-refractivity contribution in [3.05, 3.63) is 33.7 Å². The average molecular weight is 347 g/mol. The smallest absolute Gasteiger partial charge is 0.302 e. The first-order chi connectivity index (χ1) is 11.8. The van der Waals surface area contributed by atoms with Crippen molar-refractivity contribution in [3.63, 3.8) is 0 Å². The van der Waals surface area contributed by atoms with Gasteiger partial charge in [-0.15, -0.1) is 0 Å². The summed E-state index contributed by atoms with van der Waals surface area (Å²) in [6.45, 7) is 4.21. The summed E-state index contributed by atoms with van der Waals surface area (Å²) in [5.41, 5.74) is 0.164. The molecule has 1 aliphatic heterocycles. The highest BCUT2D eigenvalue weighted by Crippen LogP contribution is 2.42. The molecule has 2 atom stereocenters. The number of piperidine rings is 1. The van der Waals surface area contributed by atoms with Gasteiger partial charge in [-0.3, -0.25) is 9.59 Å². The van der Waals surface area contributed by atoms with Crippen molar-refractivity contribution >= 4 is 16.9 Å². The Morgan fingerprint density at radius 3 is 2.72 bits per heavy atom. The van der Waals surface area contributed by atoms with Crippen LogP contribution in [-0.2, 0) is 9.53 Å². The number of benzene rings is 1. The third-order valence-electron chi connectivity index (χ3n) is 4.57. The number of phenols is 2. The number of likely N-dealkylation sites (N-methyl/N-ethyl adjacent to an activating group) is 1. The zero-order valence-electron chi connectivity index (χ0n) is 14.4. The topological polar surface area (TPSA) is 100 Å². The molecule has 1 saturated heterocycles. The molecular weight excluding hydrogens is 326 g/mol. The Morgan fingerprint density at radius 1 is 1.32 bits per heavy atom. The number of hydrogen-bond donors (Lipinski definition) is 2. The molecule has 0 saturated carbocycles. The molecule has 0 spiro atoms. The number of ether oxygens (including phenoxy) is 1. The Bertz CT molecular complexity index is 887. The lowest BCUT2D eigenvalue weighted by molar-refractivity contribution is -0.149. The van der Waals surface area contributed by atoms with Crippen LogP contribution in [0.1, 0.15) is 30.6 Å². The van der Waals surface area contributed by atoms with Crippen molar-refractivity contribution in [3.8, 4) is 11.5 Å². The number of carbonyl (C=O) groups is 1. The van der Waals surface area contributed by atoms with Crippen LogP contribution in [0, 0.1) is 6.92 Å². The van der Waals surface area contributed by atoms with E-state index in [9.17, 15) is 19.8 Å². The van der Waals surface area contributed by atoms with E-state index in [1.54, 1.807) is 6.92 Å². The summed E-state index contributed by atoms with van der Waals surface area (Å²) >= 11 is 0. The van der Waals surface area contributed by atoms with E-state index in [-0.39, 0.29) is 33.8 Å². The fraction of sp³-hybridized carbons (Fsp3) is 0.444. The summed E-state index contributed by atoms with van der Waals surface area (Å²) in [5.74, 6) is -0.883. The predicted molar refractivity (Wildman–Crippen MR) is 91.0 cm³/mol. The van der Waals surface area contributed by atoms with Gasteiger partial charge in [0.05, 0.1) is 0 Å². The largest absolute Gasteiger partial charge is 0.507 e. The third kappa shape index (κ3) is 3.19. The van der Waals surface area contributed by atoms with E-state index in [1.807, 2.05) is 11.9 Å². The van der Waals surface area contributed by atoms with Gasteiger partial charge in [0.2, 0.25) is 0 Å². The van der Waals surface area contributed by atoms with Crippen LogP contribution < -0.4 is 5.43 Å². The van der Waals surface area contributed by atoms with Gasteiger partial charge in [0, 0.05) is 37.1 Å². The normalized spacial score (nSPS) is 21.4. The first-order valence-electron chi connectivity index (χ1n) is 8.13. The maximum atomic E-state index is 12.3. The maximum absolute atomic E-state index is 12.3. The molecule has 0 bridgehead atoms. The lowest BCUT2D eigenvalue weighted by Gasteiger charge is -2.36. The van der Waals surface area contributed by atoms with E-state index in [4.69, 9.17) is 9.15 Å². The minimum Gasteiger partial charge on any atom is -0.507 e. The van der Waals surface area contributed by atoms with E-state index in [1.165, 1.54) is 13.0 Å². The fourth-order valence-corrected chi connectivity index (χ4v) is 3.53. The lowest BCUT2D eigenvalue weighted by Crippen LogP contribution is -2.43. The second-order valence-corrected chi connectivity index (χ2v) is 6.56. The Hall–Kier alpha value is -2.54. The van der Waals surface area contributed by atoms with Crippen molar-refractivity contribution in [2.24, 2.45) is 0 Å². The van der Waals surface area contributed by atoms with Gasteiger partial charge in [-0.05, 0) is 26.9 Å². The zero-order valence-corrected chi connectivity index (χ0v) is 14.4. The van der Waals surface area contributed by atoms with Crippen molar-refractivity contribution < 1.29 is 24.2 Å². The predicted octanol–water partition coefficient (Wildman–Crippen LogP) is 1.86. The Morgan fingerprint density at radius 2 is 2.04 bits per heavy atom. The summed E-state index contributed by atoms with van der Waals surface area (Å²) in [4.78, 5) is 25.8. The van der Waals surface area contributed by atoms with Crippen LogP contribution in [-0.4, -0.2) is 47.3 Å². The molecule has 7 heteroatoms. The number of esters is 1. The highest BCUT2D eigenvalue weighted by molar-refractivity contribution is 5.88. The first kappa shape index (κ1) is 17.3. The molecular formula is C18H21NO6. The number of carbonyl (C=O) groups excluding carboxylic acids is 1. The third-order valence-corrected chi connectivity index (χ3v) is 4.57. The maximum Gasteiger partial charge on any atom is 0.302 e. The molecule has 25 heavy (non-hydrogen) atoms. The van der Waals surface area contributed by atoms with Gasteiger partial charge in [-0.1, -0.05) is 0 Å². The summed E-state index contributed by atoms with van der Waals surface area (Å²) in [6.07, 6.45) is 0.125. The average Bonchev–Trinajstić information content (AvgIpc) is 2.47. The fourth-order valence-electron chi connectivity index (χ4n) is 3.53. The van der Waals surface area contributed by atoms with Gasteiger partial charge < -0.3 is 24.3 Å². The summed E-state index contributed by atoms with van der Waals surface area (Å²) < 4.78 is 11.1. The van der Waals surface area contributed by atoms with Gasteiger partial charge in [0.1, 0.15) is 34.3 Å². The number of nitrogens with zero attached hydrogens (tertiary/aromatic N) is 1. The highest BCUT2D eigenvalue weighted by atomic mass is 16.5. The first-order valence-corrected chi connectivity index (χ1v) is 8.13. The standard InChI is InChI=1S/C18H21NO6/c1-9-6-12(21)17-14(23)7-13(22)16(18(17)24-9)11-4-5-19(3)8-15(11)25-10(2)20/h6-7,11,15,22-23H,4-5,8H2,1-3H3/t11-,15-/m1/s1. The molecule has 7 nitrogen and oxygen atoms in total. The summed E-state index contributed by atoms with van der Waals surface area (Å²) in [5, 5.41) is 20.6. The Balaban J connectivity index is 2.23. The monoisotopic (exact) mass is 347 g/mol. The molecule has 2 aromatic rings. The van der Waals surface area contributed by atoms with Crippen LogP contribution in [0.3, 0.4) is 0 Å². The highest BCUT2D eigenvalue weighted by Gasteiger charge is 2.35. The second kappa shape index (κ2) is 6.40.